The SMILES string of the molecule is CCCCN(C(=O)Nc1cccc(C)c1)C(CC)c1nc2ccccc2c(=O)n1C. The molecular formula is C24H30N4O2. The third-order valence-electron chi connectivity index (χ3n) is 5.36. The van der Waals surface area contributed by atoms with Crippen LogP contribution in [0.5, 0.6) is 0 Å². The molecule has 0 saturated carbocycles. The molecule has 0 radical (unpaired) electrons. The Morgan fingerprint density at radius 2 is 1.93 bits per heavy atom. The van der Waals surface area contributed by atoms with Crippen molar-refractivity contribution >= 4 is 22.6 Å². The molecule has 6 heteroatoms. The molecule has 2 amide bonds. The van der Waals surface area contributed by atoms with Crippen LogP contribution in [-0.2, 0) is 7.05 Å². The molecule has 1 atom stereocenters. The summed E-state index contributed by atoms with van der Waals surface area (Å²) in [4.78, 5) is 32.8. The maximum Gasteiger partial charge on any atom is 0.322 e. The highest BCUT2D eigenvalue weighted by molar-refractivity contribution is 5.89. The number of carbonyl (C=O) groups excluding carboxylic acids is 1. The molecule has 158 valence electrons. The second-order valence-corrected chi connectivity index (χ2v) is 7.62. The fourth-order valence-corrected chi connectivity index (χ4v) is 3.72. The number of para-hydroxylation sites is 1. The lowest BCUT2D eigenvalue weighted by atomic mass is 10.1. The Morgan fingerprint density at radius 3 is 2.63 bits per heavy atom. The van der Waals surface area contributed by atoms with E-state index in [2.05, 4.69) is 12.2 Å². The number of hydrogen-bond acceptors (Lipinski definition) is 3. The number of benzene rings is 2. The van der Waals surface area contributed by atoms with Gasteiger partial charge in [0.05, 0.1) is 16.9 Å². The van der Waals surface area contributed by atoms with Gasteiger partial charge < -0.3 is 10.2 Å². The number of anilines is 1. The molecule has 0 aliphatic heterocycles. The van der Waals surface area contributed by atoms with Crippen LogP contribution >= 0.6 is 0 Å². The van der Waals surface area contributed by atoms with Crippen LogP contribution in [0.15, 0.2) is 53.3 Å². The third kappa shape index (κ3) is 4.53. The number of carbonyl (C=O) groups is 1. The van der Waals surface area contributed by atoms with Gasteiger partial charge in [-0.1, -0.05) is 44.5 Å². The van der Waals surface area contributed by atoms with E-state index in [4.69, 9.17) is 4.98 Å². The minimum absolute atomic E-state index is 0.0939. The first kappa shape index (κ1) is 21.6. The summed E-state index contributed by atoms with van der Waals surface area (Å²) in [5.41, 5.74) is 2.41. The van der Waals surface area contributed by atoms with Crippen LogP contribution in [0.3, 0.4) is 0 Å². The lowest BCUT2D eigenvalue weighted by Crippen LogP contribution is -2.41. The lowest BCUT2D eigenvalue weighted by molar-refractivity contribution is 0.179. The van der Waals surface area contributed by atoms with Crippen LogP contribution in [-0.4, -0.2) is 27.0 Å². The van der Waals surface area contributed by atoms with Gasteiger partial charge in [0.2, 0.25) is 0 Å². The topological polar surface area (TPSA) is 67.2 Å². The predicted molar refractivity (Wildman–Crippen MR) is 122 cm³/mol. The Balaban J connectivity index is 2.01. The Kier molecular flexibility index (Phi) is 6.87. The minimum atomic E-state index is -0.302. The molecular weight excluding hydrogens is 376 g/mol. The number of urea groups is 1. The number of fused-ring (bicyclic) bond motifs is 1. The smallest absolute Gasteiger partial charge is 0.314 e. The molecule has 1 heterocycles. The number of nitrogens with zero attached hydrogens (tertiary/aromatic N) is 3. The van der Waals surface area contributed by atoms with Gasteiger partial charge in [0.15, 0.2) is 0 Å². The summed E-state index contributed by atoms with van der Waals surface area (Å²) in [6.45, 7) is 6.70. The molecule has 1 unspecified atom stereocenters. The van der Waals surface area contributed by atoms with Gasteiger partial charge in [-0.2, -0.15) is 0 Å². The molecule has 1 N–H and O–H groups in total. The third-order valence-corrected chi connectivity index (χ3v) is 5.36. The van der Waals surface area contributed by atoms with E-state index in [0.717, 1.165) is 24.1 Å². The highest BCUT2D eigenvalue weighted by atomic mass is 16.2. The van der Waals surface area contributed by atoms with Gasteiger partial charge in [-0.3, -0.25) is 9.36 Å². The van der Waals surface area contributed by atoms with E-state index < -0.39 is 0 Å². The molecule has 0 aliphatic rings. The quantitative estimate of drug-likeness (QED) is 0.598. The monoisotopic (exact) mass is 406 g/mol. The highest BCUT2D eigenvalue weighted by Gasteiger charge is 2.27. The summed E-state index contributed by atoms with van der Waals surface area (Å²) >= 11 is 0. The van der Waals surface area contributed by atoms with E-state index in [0.29, 0.717) is 29.7 Å². The average Bonchev–Trinajstić information content (AvgIpc) is 2.74. The number of aromatic nitrogens is 2. The number of rotatable bonds is 7. The minimum Gasteiger partial charge on any atom is -0.314 e. The van der Waals surface area contributed by atoms with Crippen molar-refractivity contribution < 1.29 is 4.79 Å². The van der Waals surface area contributed by atoms with Gasteiger partial charge in [-0.25, -0.2) is 9.78 Å². The second-order valence-electron chi connectivity index (χ2n) is 7.62. The van der Waals surface area contributed by atoms with E-state index in [1.165, 1.54) is 0 Å². The Hall–Kier alpha value is -3.15. The molecule has 0 bridgehead atoms. The number of amides is 2. The first-order valence-corrected chi connectivity index (χ1v) is 10.6. The second kappa shape index (κ2) is 9.57. The average molecular weight is 407 g/mol. The maximum atomic E-state index is 13.3. The van der Waals surface area contributed by atoms with Crippen LogP contribution in [0.1, 0.15) is 50.5 Å². The lowest BCUT2D eigenvalue weighted by Gasteiger charge is -2.32. The summed E-state index contributed by atoms with van der Waals surface area (Å²) in [6, 6.07) is 14.6. The van der Waals surface area contributed by atoms with Crippen LogP contribution in [0.2, 0.25) is 0 Å². The van der Waals surface area contributed by atoms with E-state index in [9.17, 15) is 9.59 Å². The molecule has 0 spiro atoms. The molecule has 0 aliphatic carbocycles. The summed E-state index contributed by atoms with van der Waals surface area (Å²) in [6.07, 6.45) is 2.50. The maximum absolute atomic E-state index is 13.3. The first-order chi connectivity index (χ1) is 14.5. The van der Waals surface area contributed by atoms with Crippen molar-refractivity contribution in [1.29, 1.82) is 0 Å². The summed E-state index contributed by atoms with van der Waals surface area (Å²) in [5.74, 6) is 0.608. The van der Waals surface area contributed by atoms with E-state index >= 15 is 0 Å². The van der Waals surface area contributed by atoms with Crippen LogP contribution < -0.4 is 10.9 Å². The fourth-order valence-electron chi connectivity index (χ4n) is 3.72. The van der Waals surface area contributed by atoms with Gasteiger partial charge in [0.1, 0.15) is 5.82 Å². The standard InChI is InChI=1S/C24H30N4O2/c1-5-7-15-28(24(30)25-18-12-10-11-17(3)16-18)21(6-2)22-26-20-14-9-8-13-19(20)23(29)27(22)4/h8-14,16,21H,5-7,15H2,1-4H3,(H,25,30). The molecule has 30 heavy (non-hydrogen) atoms. The fraction of sp³-hybridized carbons (Fsp3) is 0.375. The highest BCUT2D eigenvalue weighted by Crippen LogP contribution is 2.25. The van der Waals surface area contributed by atoms with Crippen molar-refractivity contribution in [3.8, 4) is 0 Å². The van der Waals surface area contributed by atoms with Gasteiger partial charge in [0.25, 0.3) is 5.56 Å². The van der Waals surface area contributed by atoms with Crippen LogP contribution in [0.4, 0.5) is 10.5 Å². The number of hydrogen-bond donors (Lipinski definition) is 1. The summed E-state index contributed by atoms with van der Waals surface area (Å²) in [7, 11) is 1.73. The summed E-state index contributed by atoms with van der Waals surface area (Å²) in [5, 5.41) is 3.61. The Morgan fingerprint density at radius 1 is 1.17 bits per heavy atom. The molecule has 6 nitrogen and oxygen atoms in total. The Bertz CT molecular complexity index is 1090. The number of nitrogens with one attached hydrogen (secondary N) is 1. The normalized spacial score (nSPS) is 12.0. The predicted octanol–water partition coefficient (Wildman–Crippen LogP) is 5.03. The first-order valence-electron chi connectivity index (χ1n) is 10.6. The van der Waals surface area contributed by atoms with Crippen molar-refractivity contribution in [1.82, 2.24) is 14.5 Å². The van der Waals surface area contributed by atoms with Gasteiger partial charge >= 0.3 is 6.03 Å². The van der Waals surface area contributed by atoms with Crippen LogP contribution in [0, 0.1) is 6.92 Å². The molecule has 3 rings (SSSR count). The molecule has 0 fully saturated rings. The van der Waals surface area contributed by atoms with E-state index in [1.807, 2.05) is 61.2 Å². The van der Waals surface area contributed by atoms with Crippen molar-refractivity contribution in [3.05, 3.63) is 70.3 Å². The van der Waals surface area contributed by atoms with Gasteiger partial charge in [-0.15, -0.1) is 0 Å². The van der Waals surface area contributed by atoms with E-state index in [-0.39, 0.29) is 17.6 Å². The number of unbranched alkanes of at least 4 members (excludes halogenated alkanes) is 1. The van der Waals surface area contributed by atoms with Gasteiger partial charge in [0, 0.05) is 19.3 Å². The van der Waals surface area contributed by atoms with Crippen molar-refractivity contribution in [2.24, 2.45) is 7.05 Å². The van der Waals surface area contributed by atoms with Crippen molar-refractivity contribution in [2.45, 2.75) is 46.1 Å². The summed E-state index contributed by atoms with van der Waals surface area (Å²) < 4.78 is 1.58. The van der Waals surface area contributed by atoms with Crippen molar-refractivity contribution in [3.63, 3.8) is 0 Å². The largest absolute Gasteiger partial charge is 0.322 e. The molecule has 3 aromatic rings. The van der Waals surface area contributed by atoms with Crippen LogP contribution in [0.25, 0.3) is 10.9 Å². The zero-order valence-electron chi connectivity index (χ0n) is 18.2. The number of aryl methyl sites for hydroxylation is 1. The molecule has 2 aromatic carbocycles. The van der Waals surface area contributed by atoms with E-state index in [1.54, 1.807) is 17.7 Å². The zero-order valence-corrected chi connectivity index (χ0v) is 18.2. The van der Waals surface area contributed by atoms with Crippen molar-refractivity contribution in [2.75, 3.05) is 11.9 Å². The Labute approximate surface area is 177 Å². The molecule has 1 aromatic heterocycles. The zero-order chi connectivity index (χ0) is 21.7. The molecule has 0 saturated heterocycles. The van der Waals surface area contributed by atoms with Gasteiger partial charge in [-0.05, 0) is 49.6 Å².